The first-order valence-electron chi connectivity index (χ1n) is 8.71. The molecule has 3 nitrogen and oxygen atoms in total. The molecule has 0 heterocycles. The van der Waals surface area contributed by atoms with Crippen LogP contribution in [0, 0.1) is 17.8 Å². The molecule has 3 rings (SSSR count). The largest absolute Gasteiger partial charge is 0.395 e. The van der Waals surface area contributed by atoms with Crippen LogP contribution >= 0.6 is 0 Å². The summed E-state index contributed by atoms with van der Waals surface area (Å²) in [5.41, 5.74) is 0. The van der Waals surface area contributed by atoms with E-state index in [9.17, 15) is 9.90 Å². The molecule has 0 saturated heterocycles. The summed E-state index contributed by atoms with van der Waals surface area (Å²) in [6.45, 7) is 0.662. The van der Waals surface area contributed by atoms with Crippen molar-refractivity contribution in [3.8, 4) is 0 Å². The van der Waals surface area contributed by atoms with Gasteiger partial charge in [-0.1, -0.05) is 25.7 Å². The van der Waals surface area contributed by atoms with Crippen LogP contribution in [-0.4, -0.2) is 35.1 Å². The van der Waals surface area contributed by atoms with Gasteiger partial charge in [-0.15, -0.1) is 0 Å². The number of hydrogen-bond donors (Lipinski definition) is 1. The summed E-state index contributed by atoms with van der Waals surface area (Å²) in [6.07, 6.45) is 12.5. The normalized spacial score (nSPS) is 34.1. The van der Waals surface area contributed by atoms with Crippen molar-refractivity contribution in [2.45, 2.75) is 70.3 Å². The summed E-state index contributed by atoms with van der Waals surface area (Å²) in [7, 11) is 0. The van der Waals surface area contributed by atoms with E-state index in [2.05, 4.69) is 0 Å². The maximum Gasteiger partial charge on any atom is 0.226 e. The van der Waals surface area contributed by atoms with Gasteiger partial charge in [-0.25, -0.2) is 0 Å². The van der Waals surface area contributed by atoms with E-state index in [1.165, 1.54) is 38.5 Å². The SMILES string of the molecule is O=C(C1CCC2CCCCC2C1)N(CCO)C1CCC1. The van der Waals surface area contributed by atoms with Gasteiger partial charge in [-0.05, 0) is 50.4 Å². The highest BCUT2D eigenvalue weighted by atomic mass is 16.3. The summed E-state index contributed by atoms with van der Waals surface area (Å²) in [5, 5.41) is 9.25. The van der Waals surface area contributed by atoms with Crippen LogP contribution in [0.25, 0.3) is 0 Å². The van der Waals surface area contributed by atoms with E-state index in [0.717, 1.165) is 37.5 Å². The topological polar surface area (TPSA) is 40.5 Å². The highest BCUT2D eigenvalue weighted by molar-refractivity contribution is 5.79. The lowest BCUT2D eigenvalue weighted by molar-refractivity contribution is -0.142. The minimum Gasteiger partial charge on any atom is -0.395 e. The lowest BCUT2D eigenvalue weighted by atomic mass is 9.67. The Morgan fingerprint density at radius 3 is 2.35 bits per heavy atom. The summed E-state index contributed by atoms with van der Waals surface area (Å²) >= 11 is 0. The van der Waals surface area contributed by atoms with Gasteiger partial charge < -0.3 is 10.0 Å². The Hall–Kier alpha value is -0.570. The molecule has 0 aliphatic heterocycles. The Kier molecular flexibility index (Phi) is 4.65. The molecule has 3 aliphatic carbocycles. The summed E-state index contributed by atoms with van der Waals surface area (Å²) < 4.78 is 0. The predicted molar refractivity (Wildman–Crippen MR) is 79.2 cm³/mol. The predicted octanol–water partition coefficient (Wildman–Crippen LogP) is 2.97. The molecule has 0 aromatic rings. The van der Waals surface area contributed by atoms with E-state index in [1.54, 1.807) is 0 Å². The number of carbonyl (C=O) groups excluding carboxylic acids is 1. The number of nitrogens with zero attached hydrogens (tertiary/aromatic N) is 1. The van der Waals surface area contributed by atoms with Gasteiger partial charge in [0.2, 0.25) is 5.91 Å². The van der Waals surface area contributed by atoms with Crippen molar-refractivity contribution in [2.75, 3.05) is 13.2 Å². The summed E-state index contributed by atoms with van der Waals surface area (Å²) in [5.74, 6) is 2.32. The number of rotatable bonds is 4. The number of amides is 1. The fraction of sp³-hybridized carbons (Fsp3) is 0.941. The van der Waals surface area contributed by atoms with Crippen molar-refractivity contribution >= 4 is 5.91 Å². The fourth-order valence-corrected chi connectivity index (χ4v) is 4.61. The average molecular weight is 279 g/mol. The highest BCUT2D eigenvalue weighted by Gasteiger charge is 2.38. The molecule has 3 aliphatic rings. The van der Waals surface area contributed by atoms with Crippen LogP contribution in [0.4, 0.5) is 0 Å². The van der Waals surface area contributed by atoms with E-state index in [1.807, 2.05) is 4.90 Å². The first kappa shape index (κ1) is 14.4. The van der Waals surface area contributed by atoms with Crippen LogP contribution in [0.2, 0.25) is 0 Å². The lowest BCUT2D eigenvalue weighted by Crippen LogP contribution is -2.49. The smallest absolute Gasteiger partial charge is 0.226 e. The average Bonchev–Trinajstić information content (AvgIpc) is 2.43. The zero-order valence-corrected chi connectivity index (χ0v) is 12.6. The second-order valence-electron chi connectivity index (χ2n) is 7.15. The van der Waals surface area contributed by atoms with Crippen LogP contribution in [-0.2, 0) is 4.79 Å². The molecule has 3 atom stereocenters. The van der Waals surface area contributed by atoms with Crippen LogP contribution in [0.15, 0.2) is 0 Å². The third kappa shape index (κ3) is 2.88. The Labute approximate surface area is 122 Å². The molecule has 0 bridgehead atoms. The van der Waals surface area contributed by atoms with Gasteiger partial charge in [0.05, 0.1) is 6.61 Å². The molecule has 3 saturated carbocycles. The zero-order chi connectivity index (χ0) is 13.9. The number of aliphatic hydroxyl groups excluding tert-OH is 1. The van der Waals surface area contributed by atoms with E-state index < -0.39 is 0 Å². The molecule has 0 spiro atoms. The summed E-state index contributed by atoms with van der Waals surface area (Å²) in [6, 6.07) is 0.429. The van der Waals surface area contributed by atoms with E-state index >= 15 is 0 Å². The highest BCUT2D eigenvalue weighted by Crippen LogP contribution is 2.43. The second-order valence-corrected chi connectivity index (χ2v) is 7.15. The van der Waals surface area contributed by atoms with Crippen molar-refractivity contribution in [3.63, 3.8) is 0 Å². The van der Waals surface area contributed by atoms with E-state index in [0.29, 0.717) is 18.5 Å². The number of carbonyl (C=O) groups is 1. The molecule has 1 N–H and O–H groups in total. The van der Waals surface area contributed by atoms with E-state index in [4.69, 9.17) is 0 Å². The van der Waals surface area contributed by atoms with Crippen LogP contribution < -0.4 is 0 Å². The number of fused-ring (bicyclic) bond motifs is 1. The molecular weight excluding hydrogens is 250 g/mol. The minimum absolute atomic E-state index is 0.112. The van der Waals surface area contributed by atoms with Crippen LogP contribution in [0.1, 0.15) is 64.2 Å². The van der Waals surface area contributed by atoms with Gasteiger partial charge in [0.1, 0.15) is 0 Å². The standard InChI is InChI=1S/C17H29NO2/c19-11-10-18(16-6-3-7-16)17(20)15-9-8-13-4-1-2-5-14(13)12-15/h13-16,19H,1-12H2. The monoisotopic (exact) mass is 279 g/mol. The molecule has 1 amide bonds. The maximum atomic E-state index is 12.8. The number of hydrogen-bond acceptors (Lipinski definition) is 2. The third-order valence-corrected chi connectivity index (χ3v) is 6.03. The van der Waals surface area contributed by atoms with Crippen LogP contribution in [0.3, 0.4) is 0 Å². The first-order valence-corrected chi connectivity index (χ1v) is 8.71. The molecule has 3 heteroatoms. The van der Waals surface area contributed by atoms with Gasteiger partial charge in [0.15, 0.2) is 0 Å². The molecule has 114 valence electrons. The van der Waals surface area contributed by atoms with Crippen LogP contribution in [0.5, 0.6) is 0 Å². The Morgan fingerprint density at radius 1 is 0.950 bits per heavy atom. The molecule has 20 heavy (non-hydrogen) atoms. The third-order valence-electron chi connectivity index (χ3n) is 6.03. The first-order chi connectivity index (χ1) is 9.79. The molecule has 0 aromatic carbocycles. The van der Waals surface area contributed by atoms with Crippen molar-refractivity contribution in [3.05, 3.63) is 0 Å². The Balaban J connectivity index is 1.60. The summed E-state index contributed by atoms with van der Waals surface area (Å²) in [4.78, 5) is 14.8. The zero-order valence-electron chi connectivity index (χ0n) is 12.6. The molecular formula is C17H29NO2. The second kappa shape index (κ2) is 6.46. The van der Waals surface area contributed by atoms with Crippen molar-refractivity contribution in [1.82, 2.24) is 4.90 Å². The van der Waals surface area contributed by atoms with Gasteiger partial charge in [0, 0.05) is 18.5 Å². The van der Waals surface area contributed by atoms with E-state index in [-0.39, 0.29) is 12.5 Å². The Morgan fingerprint density at radius 2 is 1.70 bits per heavy atom. The minimum atomic E-state index is 0.112. The van der Waals surface area contributed by atoms with Gasteiger partial charge in [-0.3, -0.25) is 4.79 Å². The molecule has 0 radical (unpaired) electrons. The van der Waals surface area contributed by atoms with Crippen molar-refractivity contribution in [1.29, 1.82) is 0 Å². The van der Waals surface area contributed by atoms with Gasteiger partial charge in [0.25, 0.3) is 0 Å². The number of aliphatic hydroxyl groups is 1. The van der Waals surface area contributed by atoms with Gasteiger partial charge >= 0.3 is 0 Å². The lowest BCUT2D eigenvalue weighted by Gasteiger charge is -2.43. The van der Waals surface area contributed by atoms with Crippen molar-refractivity contribution < 1.29 is 9.90 Å². The van der Waals surface area contributed by atoms with Crippen molar-refractivity contribution in [2.24, 2.45) is 17.8 Å². The fourth-order valence-electron chi connectivity index (χ4n) is 4.61. The van der Waals surface area contributed by atoms with Gasteiger partial charge in [-0.2, -0.15) is 0 Å². The molecule has 0 aromatic heterocycles. The quantitative estimate of drug-likeness (QED) is 0.859. The Bertz CT molecular complexity index is 340. The maximum absolute atomic E-state index is 12.8. The molecule has 3 unspecified atom stereocenters. The molecule has 3 fully saturated rings.